The molecule has 1 N–H and O–H groups in total. The molecule has 0 aromatic carbocycles. The van der Waals surface area contributed by atoms with Gasteiger partial charge in [-0.2, -0.15) is 5.26 Å². The van der Waals surface area contributed by atoms with Gasteiger partial charge in [0.25, 0.3) is 0 Å². The third-order valence-corrected chi connectivity index (χ3v) is 5.16. The minimum absolute atomic E-state index is 0.0956. The van der Waals surface area contributed by atoms with Crippen molar-refractivity contribution in [1.82, 2.24) is 19.5 Å². The zero-order valence-electron chi connectivity index (χ0n) is 15.7. The summed E-state index contributed by atoms with van der Waals surface area (Å²) in [5.41, 5.74) is 4.06. The van der Waals surface area contributed by atoms with Crippen LogP contribution in [0.25, 0.3) is 11.0 Å². The lowest BCUT2D eigenvalue weighted by molar-refractivity contribution is 0.490. The van der Waals surface area contributed by atoms with Crippen molar-refractivity contribution in [1.29, 1.82) is 5.26 Å². The molecule has 7 heteroatoms. The number of piperidine rings is 1. The van der Waals surface area contributed by atoms with Crippen LogP contribution >= 0.6 is 0 Å². The fourth-order valence-electron chi connectivity index (χ4n) is 3.59. The smallest absolute Gasteiger partial charge is 0.132 e. The van der Waals surface area contributed by atoms with Crippen molar-refractivity contribution in [2.75, 3.05) is 23.3 Å². The summed E-state index contributed by atoms with van der Waals surface area (Å²) in [4.78, 5) is 15.6. The predicted molar refractivity (Wildman–Crippen MR) is 106 cm³/mol. The molecular formula is C20H23N7. The highest BCUT2D eigenvalue weighted by molar-refractivity contribution is 5.78. The molecule has 0 radical (unpaired) electrons. The molecule has 0 saturated carbocycles. The lowest BCUT2D eigenvalue weighted by atomic mass is 9.99. The number of fused-ring (bicyclic) bond motifs is 1. The van der Waals surface area contributed by atoms with Crippen LogP contribution in [0.2, 0.25) is 0 Å². The Bertz CT molecular complexity index is 1000. The quantitative estimate of drug-likeness (QED) is 0.767. The van der Waals surface area contributed by atoms with Crippen LogP contribution in [0.4, 0.5) is 17.3 Å². The Kier molecular flexibility index (Phi) is 4.63. The van der Waals surface area contributed by atoms with Crippen LogP contribution in [0.3, 0.4) is 0 Å². The number of nitrogens with one attached hydrogen (secondary N) is 1. The van der Waals surface area contributed by atoms with Crippen molar-refractivity contribution in [3.63, 3.8) is 0 Å². The summed E-state index contributed by atoms with van der Waals surface area (Å²) in [5, 5.41) is 12.6. The first-order valence-electron chi connectivity index (χ1n) is 9.35. The molecule has 4 heterocycles. The normalized spacial score (nSPS) is 17.1. The highest BCUT2D eigenvalue weighted by Gasteiger charge is 2.21. The first kappa shape index (κ1) is 17.3. The van der Waals surface area contributed by atoms with Crippen LogP contribution in [0.15, 0.2) is 30.9 Å². The summed E-state index contributed by atoms with van der Waals surface area (Å²) in [6, 6.07) is 6.52. The Labute approximate surface area is 158 Å². The van der Waals surface area contributed by atoms with Crippen molar-refractivity contribution in [3.05, 3.63) is 36.4 Å². The Morgan fingerprint density at radius 1 is 1.26 bits per heavy atom. The van der Waals surface area contributed by atoms with Crippen molar-refractivity contribution in [2.24, 2.45) is 13.0 Å². The average Bonchev–Trinajstić information content (AvgIpc) is 3.08. The molecule has 4 rings (SSSR count). The van der Waals surface area contributed by atoms with Crippen molar-refractivity contribution >= 4 is 28.4 Å². The Hall–Kier alpha value is -3.14. The first-order valence-corrected chi connectivity index (χ1v) is 9.35. The fourth-order valence-corrected chi connectivity index (χ4v) is 3.59. The molecule has 1 saturated heterocycles. The Balaban J connectivity index is 1.59. The number of rotatable bonds is 4. The maximum atomic E-state index is 9.22. The van der Waals surface area contributed by atoms with Gasteiger partial charge in [-0.25, -0.2) is 15.0 Å². The zero-order valence-corrected chi connectivity index (χ0v) is 15.7. The monoisotopic (exact) mass is 361 g/mol. The summed E-state index contributed by atoms with van der Waals surface area (Å²) in [6.45, 7) is 3.86. The Morgan fingerprint density at radius 3 is 2.96 bits per heavy atom. The lowest BCUT2D eigenvalue weighted by Gasteiger charge is -2.31. The molecule has 0 spiro atoms. The molecule has 0 aliphatic carbocycles. The maximum Gasteiger partial charge on any atom is 0.132 e. The summed E-state index contributed by atoms with van der Waals surface area (Å²) in [7, 11) is 1.97. The van der Waals surface area contributed by atoms with Gasteiger partial charge in [-0.3, -0.25) is 0 Å². The van der Waals surface area contributed by atoms with Crippen LogP contribution in [-0.4, -0.2) is 32.6 Å². The van der Waals surface area contributed by atoms with E-state index in [2.05, 4.69) is 44.2 Å². The van der Waals surface area contributed by atoms with E-state index in [1.807, 2.05) is 23.9 Å². The highest BCUT2D eigenvalue weighted by atomic mass is 15.2. The summed E-state index contributed by atoms with van der Waals surface area (Å²) < 4.78 is 1.98. The van der Waals surface area contributed by atoms with Crippen molar-refractivity contribution in [3.8, 4) is 6.07 Å². The predicted octanol–water partition coefficient (Wildman–Crippen LogP) is 3.41. The number of imidazole rings is 1. The van der Waals surface area contributed by atoms with Gasteiger partial charge >= 0.3 is 0 Å². The second-order valence-corrected chi connectivity index (χ2v) is 7.01. The number of hydrogen-bond acceptors (Lipinski definition) is 6. The van der Waals surface area contributed by atoms with Gasteiger partial charge in [-0.1, -0.05) is 6.92 Å². The summed E-state index contributed by atoms with van der Waals surface area (Å²) in [6.07, 6.45) is 8.35. The SMILES string of the molecule is CCc1cc(N2CCCC(C#N)C2)ncc1Nc1cc2c(cn1)ncn2C. The molecule has 1 atom stereocenters. The number of aromatic nitrogens is 4. The van der Waals surface area contributed by atoms with E-state index in [0.29, 0.717) is 0 Å². The third kappa shape index (κ3) is 3.43. The molecule has 3 aromatic rings. The lowest BCUT2D eigenvalue weighted by Crippen LogP contribution is -2.35. The van der Waals surface area contributed by atoms with Gasteiger partial charge < -0.3 is 14.8 Å². The maximum absolute atomic E-state index is 9.22. The number of hydrogen-bond donors (Lipinski definition) is 1. The van der Waals surface area contributed by atoms with Crippen molar-refractivity contribution in [2.45, 2.75) is 26.2 Å². The van der Waals surface area contributed by atoms with Crippen LogP contribution in [0.5, 0.6) is 0 Å². The molecule has 3 aromatic heterocycles. The van der Waals surface area contributed by atoms with Gasteiger partial charge in [0, 0.05) is 26.2 Å². The van der Waals surface area contributed by atoms with E-state index in [0.717, 1.165) is 60.7 Å². The molecule has 27 heavy (non-hydrogen) atoms. The molecule has 0 bridgehead atoms. The van der Waals surface area contributed by atoms with Crippen LogP contribution in [0.1, 0.15) is 25.3 Å². The minimum atomic E-state index is 0.0956. The van der Waals surface area contributed by atoms with Crippen molar-refractivity contribution < 1.29 is 0 Å². The Morgan fingerprint density at radius 2 is 2.15 bits per heavy atom. The average molecular weight is 361 g/mol. The van der Waals surface area contributed by atoms with E-state index in [1.54, 1.807) is 12.5 Å². The van der Waals surface area contributed by atoms with E-state index in [9.17, 15) is 5.26 Å². The van der Waals surface area contributed by atoms with E-state index < -0.39 is 0 Å². The fraction of sp³-hybridized carbons (Fsp3) is 0.400. The van der Waals surface area contributed by atoms with E-state index >= 15 is 0 Å². The second kappa shape index (κ2) is 7.23. The molecule has 1 unspecified atom stereocenters. The number of nitriles is 1. The molecule has 0 amide bonds. The van der Waals surface area contributed by atoms with E-state index in [-0.39, 0.29) is 5.92 Å². The van der Waals surface area contributed by atoms with Crippen LogP contribution in [-0.2, 0) is 13.5 Å². The van der Waals surface area contributed by atoms with E-state index in [1.165, 1.54) is 5.56 Å². The number of nitrogens with zero attached hydrogens (tertiary/aromatic N) is 6. The summed E-state index contributed by atoms with van der Waals surface area (Å²) in [5.74, 6) is 1.82. The zero-order chi connectivity index (χ0) is 18.8. The molecule has 138 valence electrons. The molecular weight excluding hydrogens is 338 g/mol. The van der Waals surface area contributed by atoms with Gasteiger partial charge in [0.2, 0.25) is 0 Å². The van der Waals surface area contributed by atoms with E-state index in [4.69, 9.17) is 0 Å². The number of aryl methyl sites for hydroxylation is 2. The molecule has 1 aliphatic heterocycles. The van der Waals surface area contributed by atoms with Crippen LogP contribution < -0.4 is 10.2 Å². The van der Waals surface area contributed by atoms with Gasteiger partial charge in [0.05, 0.1) is 41.9 Å². The minimum Gasteiger partial charge on any atom is -0.355 e. The number of pyridine rings is 2. The van der Waals surface area contributed by atoms with Crippen LogP contribution in [0, 0.1) is 17.2 Å². The van der Waals surface area contributed by atoms with Gasteiger partial charge in [-0.15, -0.1) is 0 Å². The number of anilines is 3. The molecule has 1 aliphatic rings. The van der Waals surface area contributed by atoms with Gasteiger partial charge in [-0.05, 0) is 30.9 Å². The van der Waals surface area contributed by atoms with Gasteiger partial charge in [0.1, 0.15) is 17.2 Å². The highest BCUT2D eigenvalue weighted by Crippen LogP contribution is 2.27. The second-order valence-electron chi connectivity index (χ2n) is 7.01. The standard InChI is InChI=1S/C20H23N7/c1-3-15-7-20(27-6-4-5-14(9-21)12-27)23-10-16(15)25-19-8-18-17(11-22-19)24-13-26(18)2/h7-8,10-11,13-14H,3-6,12H2,1-2H3,(H,22,25). The third-order valence-electron chi connectivity index (χ3n) is 5.16. The molecule has 7 nitrogen and oxygen atoms in total. The first-order chi connectivity index (χ1) is 13.2. The molecule has 1 fully saturated rings. The largest absolute Gasteiger partial charge is 0.355 e. The topological polar surface area (TPSA) is 82.7 Å². The van der Waals surface area contributed by atoms with Gasteiger partial charge in [0.15, 0.2) is 0 Å². The summed E-state index contributed by atoms with van der Waals surface area (Å²) >= 11 is 0.